The fraction of sp³-hybridized carbons (Fsp3) is 0.182. The maximum absolute atomic E-state index is 12.0. The van der Waals surface area contributed by atoms with Crippen LogP contribution in [-0.2, 0) is 10.3 Å². The summed E-state index contributed by atoms with van der Waals surface area (Å²) < 4.78 is 5.67. The van der Waals surface area contributed by atoms with Crippen molar-refractivity contribution in [2.75, 3.05) is 10.8 Å². The van der Waals surface area contributed by atoms with Crippen molar-refractivity contribution in [1.82, 2.24) is 9.97 Å². The number of anilines is 2. The normalized spacial score (nSPS) is 10.6. The molecule has 0 radical (unpaired) electrons. The summed E-state index contributed by atoms with van der Waals surface area (Å²) >= 11 is 0. The molecule has 30 heavy (non-hydrogen) atoms. The number of nitrogens with zero attached hydrogens (tertiary/aromatic N) is 3. The number of hydrogen-bond donors (Lipinski definition) is 2. The molecule has 152 valence electrons. The molecule has 0 aliphatic rings. The van der Waals surface area contributed by atoms with Crippen LogP contribution in [0, 0.1) is 11.3 Å². The summed E-state index contributed by atoms with van der Waals surface area (Å²) in [6.07, 6.45) is 2.46. The van der Waals surface area contributed by atoms with E-state index in [1.165, 1.54) is 6.20 Å². The predicted octanol–water partition coefficient (Wildman–Crippen LogP) is 5.01. The average molecular weight is 403 g/mol. The number of aromatic nitrogens is 2. The second-order valence-corrected chi connectivity index (χ2v) is 7.41. The molecule has 0 spiro atoms. The summed E-state index contributed by atoms with van der Waals surface area (Å²) in [5.41, 5.74) is 4.39. The van der Waals surface area contributed by atoms with Gasteiger partial charge in [0.05, 0.1) is 5.69 Å². The van der Waals surface area contributed by atoms with Crippen molar-refractivity contribution in [2.45, 2.75) is 26.2 Å². The zero-order valence-corrected chi connectivity index (χ0v) is 16.8. The maximum Gasteiger partial charge on any atom is 0.437 e. The third-order valence-electron chi connectivity index (χ3n) is 4.05. The topological polar surface area (TPSA) is 109 Å². The zero-order valence-electron chi connectivity index (χ0n) is 16.8. The number of rotatable bonds is 5. The van der Waals surface area contributed by atoms with Gasteiger partial charge in [0.2, 0.25) is 0 Å². The van der Waals surface area contributed by atoms with E-state index in [1.54, 1.807) is 42.6 Å². The highest BCUT2D eigenvalue weighted by atomic mass is 16.7. The van der Waals surface area contributed by atoms with Crippen LogP contribution in [-0.4, -0.2) is 16.1 Å². The number of pyridine rings is 2. The number of carbonyl (C=O) groups excluding carboxylic acids is 1. The average Bonchev–Trinajstić information content (AvgIpc) is 2.73. The van der Waals surface area contributed by atoms with Gasteiger partial charge in [0.15, 0.2) is 0 Å². The Bertz CT molecular complexity index is 1070. The Balaban J connectivity index is 1.53. The first-order valence-electron chi connectivity index (χ1n) is 9.18. The van der Waals surface area contributed by atoms with Gasteiger partial charge in [-0.3, -0.25) is 5.32 Å². The maximum atomic E-state index is 12.0. The fourth-order valence-electron chi connectivity index (χ4n) is 2.46. The smallest absolute Gasteiger partial charge is 0.437 e. The Morgan fingerprint density at radius 2 is 1.73 bits per heavy atom. The molecule has 3 aromatic rings. The number of nitriles is 1. The molecule has 0 atom stereocenters. The van der Waals surface area contributed by atoms with Gasteiger partial charge in [-0.1, -0.05) is 20.8 Å². The fourth-order valence-corrected chi connectivity index (χ4v) is 2.46. The summed E-state index contributed by atoms with van der Waals surface area (Å²) in [5.74, 6) is 1.47. The molecule has 0 fully saturated rings. The summed E-state index contributed by atoms with van der Waals surface area (Å²) in [6.45, 7) is 6.24. The molecule has 3 rings (SSSR count). The Morgan fingerprint density at radius 1 is 1.00 bits per heavy atom. The first kappa shape index (κ1) is 20.6. The molecule has 0 saturated carbocycles. The minimum atomic E-state index is -0.685. The monoisotopic (exact) mass is 403 g/mol. The van der Waals surface area contributed by atoms with Crippen LogP contribution in [0.2, 0.25) is 0 Å². The molecule has 1 aromatic carbocycles. The molecule has 2 aromatic heterocycles. The second-order valence-electron chi connectivity index (χ2n) is 7.41. The van der Waals surface area contributed by atoms with E-state index in [-0.39, 0.29) is 11.1 Å². The lowest BCUT2D eigenvalue weighted by Crippen LogP contribution is -2.19. The van der Waals surface area contributed by atoms with Crippen molar-refractivity contribution in [3.05, 3.63) is 72.2 Å². The first-order chi connectivity index (χ1) is 14.3. The molecule has 0 aliphatic carbocycles. The molecular formula is C22H21N5O3. The lowest BCUT2D eigenvalue weighted by Gasteiger charge is -2.19. The second kappa shape index (κ2) is 8.92. The van der Waals surface area contributed by atoms with Crippen LogP contribution in [0.5, 0.6) is 11.5 Å². The molecule has 8 nitrogen and oxygen atoms in total. The molecule has 0 saturated heterocycles. The van der Waals surface area contributed by atoms with Crippen LogP contribution >= 0.6 is 0 Å². The van der Waals surface area contributed by atoms with E-state index in [0.29, 0.717) is 23.0 Å². The van der Waals surface area contributed by atoms with E-state index in [0.717, 1.165) is 5.56 Å². The molecule has 0 aliphatic heterocycles. The molecule has 0 bridgehead atoms. The summed E-state index contributed by atoms with van der Waals surface area (Å²) in [5, 5.41) is 11.5. The van der Waals surface area contributed by atoms with Crippen molar-refractivity contribution in [2.24, 2.45) is 0 Å². The van der Waals surface area contributed by atoms with Gasteiger partial charge in [0.25, 0.3) is 0 Å². The number of carbonyl (C=O) groups is 1. The highest BCUT2D eigenvalue weighted by Gasteiger charge is 2.15. The van der Waals surface area contributed by atoms with E-state index in [9.17, 15) is 4.79 Å². The van der Waals surface area contributed by atoms with E-state index in [1.807, 2.05) is 18.2 Å². The Morgan fingerprint density at radius 3 is 2.43 bits per heavy atom. The summed E-state index contributed by atoms with van der Waals surface area (Å²) in [6, 6.07) is 15.6. The van der Waals surface area contributed by atoms with E-state index in [2.05, 4.69) is 41.5 Å². The van der Waals surface area contributed by atoms with Gasteiger partial charge >= 0.3 is 6.09 Å². The van der Waals surface area contributed by atoms with Crippen LogP contribution in [0.4, 0.5) is 16.3 Å². The summed E-state index contributed by atoms with van der Waals surface area (Å²) in [7, 11) is 0. The third kappa shape index (κ3) is 5.69. The SMILES string of the molecule is CC(C)(C)c1ccnc(NC(=O)ONc2ccc(Oc3ccnc(C#N)c3)cc2)c1. The number of hydrogen-bond acceptors (Lipinski definition) is 7. The Hall–Kier alpha value is -4.12. The molecule has 2 heterocycles. The zero-order chi connectivity index (χ0) is 21.6. The Labute approximate surface area is 174 Å². The molecule has 1 amide bonds. The van der Waals surface area contributed by atoms with E-state index >= 15 is 0 Å². The van der Waals surface area contributed by atoms with Crippen molar-refractivity contribution in [1.29, 1.82) is 5.26 Å². The largest absolute Gasteiger partial charge is 0.457 e. The van der Waals surface area contributed by atoms with Crippen molar-refractivity contribution in [3.8, 4) is 17.6 Å². The van der Waals surface area contributed by atoms with E-state index in [4.69, 9.17) is 14.8 Å². The molecule has 8 heteroatoms. The number of benzene rings is 1. The summed E-state index contributed by atoms with van der Waals surface area (Å²) in [4.78, 5) is 25.1. The molecular weight excluding hydrogens is 382 g/mol. The number of nitrogens with one attached hydrogen (secondary N) is 2. The van der Waals surface area contributed by atoms with Crippen LogP contribution in [0.1, 0.15) is 32.0 Å². The quantitative estimate of drug-likeness (QED) is 0.576. The van der Waals surface area contributed by atoms with Gasteiger partial charge in [0.1, 0.15) is 29.1 Å². The van der Waals surface area contributed by atoms with Crippen LogP contribution < -0.4 is 15.5 Å². The van der Waals surface area contributed by atoms with Gasteiger partial charge in [-0.25, -0.2) is 20.2 Å². The predicted molar refractivity (Wildman–Crippen MR) is 112 cm³/mol. The lowest BCUT2D eigenvalue weighted by molar-refractivity contribution is 0.185. The minimum absolute atomic E-state index is 0.0578. The van der Waals surface area contributed by atoms with Gasteiger partial charge in [-0.05, 0) is 53.4 Å². The van der Waals surface area contributed by atoms with Gasteiger partial charge in [0, 0.05) is 18.5 Å². The van der Waals surface area contributed by atoms with Crippen LogP contribution in [0.15, 0.2) is 60.9 Å². The van der Waals surface area contributed by atoms with Gasteiger partial charge in [-0.2, -0.15) is 5.26 Å². The first-order valence-corrected chi connectivity index (χ1v) is 9.18. The highest BCUT2D eigenvalue weighted by molar-refractivity contribution is 5.83. The lowest BCUT2D eigenvalue weighted by atomic mass is 9.88. The minimum Gasteiger partial charge on any atom is -0.457 e. The van der Waals surface area contributed by atoms with Crippen LogP contribution in [0.3, 0.4) is 0 Å². The number of amides is 1. The number of ether oxygens (including phenoxy) is 1. The third-order valence-corrected chi connectivity index (χ3v) is 4.05. The van der Waals surface area contributed by atoms with Crippen molar-refractivity contribution < 1.29 is 14.4 Å². The molecule has 0 unspecified atom stereocenters. The van der Waals surface area contributed by atoms with E-state index < -0.39 is 6.09 Å². The standard InChI is InChI=1S/C22H21N5O3/c1-22(2,3)15-8-10-25-20(12-15)26-21(28)30-27-16-4-6-18(7-5-16)29-19-9-11-24-17(13-19)14-23/h4-13,27H,1-3H3,(H,25,26,28). The van der Waals surface area contributed by atoms with Crippen molar-refractivity contribution in [3.63, 3.8) is 0 Å². The Kier molecular flexibility index (Phi) is 6.13. The highest BCUT2D eigenvalue weighted by Crippen LogP contribution is 2.24. The van der Waals surface area contributed by atoms with Crippen LogP contribution in [0.25, 0.3) is 0 Å². The van der Waals surface area contributed by atoms with Crippen molar-refractivity contribution >= 4 is 17.6 Å². The van der Waals surface area contributed by atoms with Gasteiger partial charge < -0.3 is 9.57 Å². The van der Waals surface area contributed by atoms with Gasteiger partial charge in [-0.15, -0.1) is 0 Å². The molecule has 2 N–H and O–H groups in total.